The molecule has 0 saturated heterocycles. The van der Waals surface area contributed by atoms with Crippen LogP contribution in [-0.2, 0) is 6.42 Å². The summed E-state index contributed by atoms with van der Waals surface area (Å²) in [4.78, 5) is 0. The van der Waals surface area contributed by atoms with Crippen LogP contribution in [0.5, 0.6) is 0 Å². The lowest BCUT2D eigenvalue weighted by Crippen LogP contribution is -2.29. The fourth-order valence-electron chi connectivity index (χ4n) is 2.88. The molecule has 0 heterocycles. The molecule has 0 amide bonds. The van der Waals surface area contributed by atoms with Crippen molar-refractivity contribution in [1.82, 2.24) is 5.32 Å². The monoisotopic (exact) mass is 295 g/mol. The van der Waals surface area contributed by atoms with E-state index in [9.17, 15) is 0 Å². The van der Waals surface area contributed by atoms with Crippen LogP contribution in [0, 0.1) is 5.92 Å². The number of benzene rings is 1. The fraction of sp³-hybridized carbons (Fsp3) is 0.600. The van der Waals surface area contributed by atoms with Gasteiger partial charge >= 0.3 is 0 Å². The minimum absolute atomic E-state index is 0.622. The summed E-state index contributed by atoms with van der Waals surface area (Å²) in [6.07, 6.45) is 8.22. The van der Waals surface area contributed by atoms with Gasteiger partial charge in [0.1, 0.15) is 0 Å². The molecule has 0 spiro atoms. The second-order valence-electron chi connectivity index (χ2n) is 5.17. The van der Waals surface area contributed by atoms with E-state index in [1.807, 2.05) is 0 Å². The molecular weight excluding hydrogens is 274 g/mol. The van der Waals surface area contributed by atoms with Gasteiger partial charge in [-0.05, 0) is 37.4 Å². The van der Waals surface area contributed by atoms with Gasteiger partial charge in [-0.2, -0.15) is 0 Å². The lowest BCUT2D eigenvalue weighted by molar-refractivity contribution is 0.402. The van der Waals surface area contributed by atoms with Crippen molar-refractivity contribution in [2.24, 2.45) is 5.92 Å². The molecular formula is C15H22BrN. The quantitative estimate of drug-likeness (QED) is 0.860. The zero-order chi connectivity index (χ0) is 12.1. The topological polar surface area (TPSA) is 12.0 Å². The first-order valence-corrected chi connectivity index (χ1v) is 7.49. The van der Waals surface area contributed by atoms with Gasteiger partial charge in [-0.3, -0.25) is 0 Å². The van der Waals surface area contributed by atoms with E-state index in [2.05, 4.69) is 52.6 Å². The van der Waals surface area contributed by atoms with Crippen molar-refractivity contribution in [2.45, 2.75) is 44.6 Å². The van der Waals surface area contributed by atoms with E-state index in [1.54, 1.807) is 0 Å². The van der Waals surface area contributed by atoms with Gasteiger partial charge in [0, 0.05) is 10.5 Å². The molecule has 1 saturated carbocycles. The van der Waals surface area contributed by atoms with Crippen molar-refractivity contribution < 1.29 is 0 Å². The van der Waals surface area contributed by atoms with Crippen LogP contribution in [0.25, 0.3) is 0 Å². The van der Waals surface area contributed by atoms with Gasteiger partial charge in [-0.25, -0.2) is 0 Å². The molecule has 0 aromatic heterocycles. The Kier molecular flexibility index (Phi) is 5.05. The maximum absolute atomic E-state index is 3.64. The van der Waals surface area contributed by atoms with Gasteiger partial charge in [0.15, 0.2) is 0 Å². The number of hydrogen-bond acceptors (Lipinski definition) is 1. The van der Waals surface area contributed by atoms with Gasteiger partial charge < -0.3 is 5.32 Å². The Morgan fingerprint density at radius 1 is 1.29 bits per heavy atom. The maximum Gasteiger partial charge on any atom is 0.0207 e. The first kappa shape index (κ1) is 13.1. The van der Waals surface area contributed by atoms with E-state index in [4.69, 9.17) is 0 Å². The smallest absolute Gasteiger partial charge is 0.0207 e. The fourth-order valence-corrected chi connectivity index (χ4v) is 3.33. The molecule has 1 aromatic rings. The molecule has 1 fully saturated rings. The van der Waals surface area contributed by atoms with E-state index in [1.165, 1.54) is 42.1 Å². The Balaban J connectivity index is 1.92. The Morgan fingerprint density at radius 2 is 2.00 bits per heavy atom. The van der Waals surface area contributed by atoms with Crippen molar-refractivity contribution in [3.63, 3.8) is 0 Å². The molecule has 2 heteroatoms. The Hall–Kier alpha value is -0.340. The molecule has 1 aliphatic carbocycles. The molecule has 1 nitrogen and oxygen atoms in total. The van der Waals surface area contributed by atoms with E-state index in [-0.39, 0.29) is 0 Å². The summed E-state index contributed by atoms with van der Waals surface area (Å²) in [6, 6.07) is 9.19. The van der Waals surface area contributed by atoms with Crippen molar-refractivity contribution >= 4 is 15.9 Å². The molecule has 0 aliphatic heterocycles. The lowest BCUT2D eigenvalue weighted by atomic mass is 9.94. The Bertz CT molecular complexity index is 345. The van der Waals surface area contributed by atoms with E-state index < -0.39 is 0 Å². The normalized spacial score (nSPS) is 18.5. The average Bonchev–Trinajstić information content (AvgIpc) is 2.84. The van der Waals surface area contributed by atoms with Crippen molar-refractivity contribution in [1.29, 1.82) is 0 Å². The van der Waals surface area contributed by atoms with E-state index in [0.717, 1.165) is 12.3 Å². The summed E-state index contributed by atoms with van der Waals surface area (Å²) < 4.78 is 1.24. The second-order valence-corrected chi connectivity index (χ2v) is 6.02. The zero-order valence-electron chi connectivity index (χ0n) is 10.6. The van der Waals surface area contributed by atoms with Crippen LogP contribution in [0.2, 0.25) is 0 Å². The molecule has 0 bridgehead atoms. The van der Waals surface area contributed by atoms with E-state index in [0.29, 0.717) is 6.04 Å². The van der Waals surface area contributed by atoms with Crippen LogP contribution in [0.1, 0.15) is 37.7 Å². The molecule has 17 heavy (non-hydrogen) atoms. The summed E-state index contributed by atoms with van der Waals surface area (Å²) in [5.41, 5.74) is 1.42. The zero-order valence-corrected chi connectivity index (χ0v) is 12.2. The molecule has 2 rings (SSSR count). The largest absolute Gasteiger partial charge is 0.317 e. The van der Waals surface area contributed by atoms with Gasteiger partial charge in [0.2, 0.25) is 0 Å². The van der Waals surface area contributed by atoms with E-state index >= 15 is 0 Å². The number of halogens is 1. The lowest BCUT2D eigenvalue weighted by Gasteiger charge is -2.20. The first-order chi connectivity index (χ1) is 8.29. The molecule has 1 N–H and O–H groups in total. The Morgan fingerprint density at radius 3 is 2.65 bits per heavy atom. The molecule has 1 aromatic carbocycles. The number of hydrogen-bond donors (Lipinski definition) is 1. The highest BCUT2D eigenvalue weighted by Gasteiger charge is 2.19. The summed E-state index contributed by atoms with van der Waals surface area (Å²) in [5, 5.41) is 3.48. The number of likely N-dealkylation sites (N-methyl/N-ethyl adjacent to an activating group) is 1. The average molecular weight is 296 g/mol. The third-order valence-electron chi connectivity index (χ3n) is 3.92. The molecule has 0 radical (unpaired) electrons. The van der Waals surface area contributed by atoms with Crippen LogP contribution in [0.4, 0.5) is 0 Å². The SMILES string of the molecule is CNC(Cc1ccccc1Br)CC1CCCC1. The predicted molar refractivity (Wildman–Crippen MR) is 77.3 cm³/mol. The second kappa shape index (κ2) is 6.55. The van der Waals surface area contributed by atoms with Gasteiger partial charge in [0.25, 0.3) is 0 Å². The highest BCUT2D eigenvalue weighted by atomic mass is 79.9. The summed E-state index contributed by atoms with van der Waals surface area (Å²) in [7, 11) is 2.09. The molecule has 1 atom stereocenters. The number of nitrogens with one attached hydrogen (secondary N) is 1. The third-order valence-corrected chi connectivity index (χ3v) is 4.70. The molecule has 1 unspecified atom stereocenters. The molecule has 1 aliphatic rings. The van der Waals surface area contributed by atoms with Crippen molar-refractivity contribution in [2.75, 3.05) is 7.05 Å². The molecule has 94 valence electrons. The number of rotatable bonds is 5. The minimum Gasteiger partial charge on any atom is -0.317 e. The first-order valence-electron chi connectivity index (χ1n) is 6.70. The van der Waals surface area contributed by atoms with Crippen LogP contribution in [0.3, 0.4) is 0 Å². The minimum atomic E-state index is 0.622. The van der Waals surface area contributed by atoms with Crippen molar-refractivity contribution in [3.05, 3.63) is 34.3 Å². The van der Waals surface area contributed by atoms with Gasteiger partial charge in [-0.15, -0.1) is 0 Å². The van der Waals surface area contributed by atoms with Crippen LogP contribution in [-0.4, -0.2) is 13.1 Å². The van der Waals surface area contributed by atoms with Crippen LogP contribution < -0.4 is 5.32 Å². The predicted octanol–water partition coefficient (Wildman–Crippen LogP) is 4.16. The summed E-state index contributed by atoms with van der Waals surface area (Å²) >= 11 is 3.64. The third kappa shape index (κ3) is 3.82. The van der Waals surface area contributed by atoms with Gasteiger partial charge in [-0.1, -0.05) is 59.8 Å². The van der Waals surface area contributed by atoms with Gasteiger partial charge in [0.05, 0.1) is 0 Å². The maximum atomic E-state index is 3.64. The standard InChI is InChI=1S/C15H22BrN/c1-17-14(10-12-6-2-3-7-12)11-13-8-4-5-9-15(13)16/h4-5,8-9,12,14,17H,2-3,6-7,10-11H2,1H3. The highest BCUT2D eigenvalue weighted by Crippen LogP contribution is 2.29. The van der Waals surface area contributed by atoms with Crippen molar-refractivity contribution in [3.8, 4) is 0 Å². The summed E-state index contributed by atoms with van der Waals surface area (Å²) in [5.74, 6) is 0.954. The van der Waals surface area contributed by atoms with Crippen LogP contribution >= 0.6 is 15.9 Å². The van der Waals surface area contributed by atoms with Crippen LogP contribution in [0.15, 0.2) is 28.7 Å². The Labute approximate surface area is 113 Å². The summed E-state index contributed by atoms with van der Waals surface area (Å²) in [6.45, 7) is 0. The highest BCUT2D eigenvalue weighted by molar-refractivity contribution is 9.10.